The number of nitrogens with two attached hydrogens (primary N) is 1. The molecule has 1 aliphatic rings. The molecule has 0 bridgehead atoms. The van der Waals surface area contributed by atoms with Gasteiger partial charge in [0.15, 0.2) is 0 Å². The molecule has 34 heavy (non-hydrogen) atoms. The molecule has 6 nitrogen and oxygen atoms in total. The summed E-state index contributed by atoms with van der Waals surface area (Å²) in [7, 11) is 0. The Morgan fingerprint density at radius 1 is 1.00 bits per heavy atom. The van der Waals surface area contributed by atoms with Gasteiger partial charge >= 0.3 is 0 Å². The molecule has 0 aromatic heterocycles. The van der Waals surface area contributed by atoms with Crippen LogP contribution in [0.25, 0.3) is 6.08 Å². The first kappa shape index (κ1) is 25.5. The Bertz CT molecular complexity index is 961. The zero-order valence-corrected chi connectivity index (χ0v) is 20.4. The van der Waals surface area contributed by atoms with Gasteiger partial charge in [0.2, 0.25) is 11.8 Å². The minimum atomic E-state index is -0.245. The van der Waals surface area contributed by atoms with Crippen molar-refractivity contribution in [3.8, 4) is 0 Å². The number of nitrogens with zero attached hydrogens (tertiary/aromatic N) is 1. The van der Waals surface area contributed by atoms with Crippen molar-refractivity contribution in [1.82, 2.24) is 10.4 Å². The average Bonchev–Trinajstić information content (AvgIpc) is 2.79. The lowest BCUT2D eigenvalue weighted by Gasteiger charge is -2.33. The SMILES string of the molecule is CC(C)N(NC1CCCCCCC1)C(=O)Cc1ccc(/C=C/C(=O)Nc2ccccc2N)cc1. The molecule has 2 aromatic rings. The fourth-order valence-electron chi connectivity index (χ4n) is 4.25. The molecule has 0 heterocycles. The summed E-state index contributed by atoms with van der Waals surface area (Å²) in [5.41, 5.74) is 12.4. The second-order valence-corrected chi connectivity index (χ2v) is 9.36. The number of benzene rings is 2. The van der Waals surface area contributed by atoms with E-state index in [-0.39, 0.29) is 17.9 Å². The van der Waals surface area contributed by atoms with Crippen LogP contribution < -0.4 is 16.5 Å². The number of hydrogen-bond acceptors (Lipinski definition) is 4. The zero-order chi connectivity index (χ0) is 24.3. The van der Waals surface area contributed by atoms with E-state index in [0.717, 1.165) is 24.0 Å². The smallest absolute Gasteiger partial charge is 0.248 e. The highest BCUT2D eigenvalue weighted by atomic mass is 16.2. The standard InChI is InChI=1S/C28H38N4O2/c1-21(2)32(31-24-10-6-4-3-5-7-11-24)28(34)20-23-16-14-22(15-17-23)18-19-27(33)30-26-13-9-8-12-25(26)29/h8-9,12-19,21,24,31H,3-7,10-11,20,29H2,1-2H3,(H,30,33)/b19-18+. The molecule has 3 rings (SSSR count). The number of hydrazine groups is 1. The first-order valence-electron chi connectivity index (χ1n) is 12.4. The molecule has 1 fully saturated rings. The molecule has 0 aliphatic heterocycles. The van der Waals surface area contributed by atoms with Gasteiger partial charge in [-0.25, -0.2) is 5.43 Å². The molecule has 0 radical (unpaired) electrons. The number of rotatable bonds is 8. The molecule has 0 atom stereocenters. The van der Waals surface area contributed by atoms with Crippen molar-refractivity contribution in [2.75, 3.05) is 11.1 Å². The van der Waals surface area contributed by atoms with Gasteiger partial charge in [-0.2, -0.15) is 0 Å². The Hall–Kier alpha value is -3.12. The molecule has 0 spiro atoms. The number of nitrogens with one attached hydrogen (secondary N) is 2. The first-order chi connectivity index (χ1) is 16.4. The first-order valence-corrected chi connectivity index (χ1v) is 12.4. The minimum Gasteiger partial charge on any atom is -0.397 e. The van der Waals surface area contributed by atoms with E-state index < -0.39 is 0 Å². The number of carbonyl (C=O) groups is 2. The van der Waals surface area contributed by atoms with Gasteiger partial charge < -0.3 is 11.1 Å². The van der Waals surface area contributed by atoms with Crippen LogP contribution in [-0.2, 0) is 16.0 Å². The molecular formula is C28H38N4O2. The predicted molar refractivity (Wildman–Crippen MR) is 140 cm³/mol. The lowest BCUT2D eigenvalue weighted by atomic mass is 9.97. The molecule has 182 valence electrons. The van der Waals surface area contributed by atoms with E-state index in [1.165, 1.54) is 38.2 Å². The molecule has 6 heteroatoms. The summed E-state index contributed by atoms with van der Waals surface area (Å²) in [6.07, 6.45) is 12.2. The van der Waals surface area contributed by atoms with E-state index in [1.807, 2.05) is 41.4 Å². The molecule has 1 saturated carbocycles. The van der Waals surface area contributed by atoms with Crippen LogP contribution in [0.4, 0.5) is 11.4 Å². The van der Waals surface area contributed by atoms with Crippen molar-refractivity contribution in [1.29, 1.82) is 0 Å². The monoisotopic (exact) mass is 462 g/mol. The lowest BCUT2D eigenvalue weighted by Crippen LogP contribution is -2.52. The number of carbonyl (C=O) groups excluding carboxylic acids is 2. The third kappa shape index (κ3) is 8.03. The fraction of sp³-hybridized carbons (Fsp3) is 0.429. The van der Waals surface area contributed by atoms with E-state index in [1.54, 1.807) is 18.2 Å². The Morgan fingerprint density at radius 3 is 2.29 bits per heavy atom. The molecule has 2 amide bonds. The van der Waals surface area contributed by atoms with Gasteiger partial charge in [0.1, 0.15) is 0 Å². The molecule has 2 aromatic carbocycles. The molecular weight excluding hydrogens is 424 g/mol. The van der Waals surface area contributed by atoms with Crippen molar-refractivity contribution in [3.05, 3.63) is 65.7 Å². The van der Waals surface area contributed by atoms with Crippen LogP contribution in [0.5, 0.6) is 0 Å². The van der Waals surface area contributed by atoms with Crippen molar-refractivity contribution in [2.45, 2.75) is 77.3 Å². The van der Waals surface area contributed by atoms with Gasteiger partial charge in [0.05, 0.1) is 17.8 Å². The summed E-state index contributed by atoms with van der Waals surface area (Å²) >= 11 is 0. The van der Waals surface area contributed by atoms with Gasteiger partial charge in [-0.15, -0.1) is 0 Å². The van der Waals surface area contributed by atoms with E-state index in [2.05, 4.69) is 24.6 Å². The van der Waals surface area contributed by atoms with Crippen LogP contribution in [0.15, 0.2) is 54.6 Å². The Balaban J connectivity index is 1.54. The van der Waals surface area contributed by atoms with Crippen LogP contribution in [0, 0.1) is 0 Å². The highest BCUT2D eigenvalue weighted by Gasteiger charge is 2.21. The van der Waals surface area contributed by atoms with Crippen molar-refractivity contribution >= 4 is 29.3 Å². The van der Waals surface area contributed by atoms with Gasteiger partial charge in [0, 0.05) is 18.2 Å². The quantitative estimate of drug-likeness (QED) is 0.282. The van der Waals surface area contributed by atoms with Crippen LogP contribution in [-0.4, -0.2) is 28.9 Å². The summed E-state index contributed by atoms with van der Waals surface area (Å²) in [5.74, 6) is -0.162. The van der Waals surface area contributed by atoms with E-state index in [4.69, 9.17) is 5.73 Å². The maximum Gasteiger partial charge on any atom is 0.248 e. The number of nitrogen functional groups attached to an aromatic ring is 1. The van der Waals surface area contributed by atoms with E-state index >= 15 is 0 Å². The summed E-state index contributed by atoms with van der Waals surface area (Å²) in [6.45, 7) is 4.10. The number of anilines is 2. The third-order valence-corrected chi connectivity index (χ3v) is 6.19. The van der Waals surface area contributed by atoms with Gasteiger partial charge in [0.25, 0.3) is 0 Å². The van der Waals surface area contributed by atoms with E-state index in [9.17, 15) is 9.59 Å². The Kier molecular flexibility index (Phi) is 9.71. The highest BCUT2D eigenvalue weighted by molar-refractivity contribution is 6.03. The van der Waals surface area contributed by atoms with Crippen LogP contribution >= 0.6 is 0 Å². The van der Waals surface area contributed by atoms with Crippen molar-refractivity contribution < 1.29 is 9.59 Å². The number of hydrogen-bond donors (Lipinski definition) is 3. The summed E-state index contributed by atoms with van der Waals surface area (Å²) < 4.78 is 0. The average molecular weight is 463 g/mol. The Labute approximate surface area is 203 Å². The van der Waals surface area contributed by atoms with Crippen molar-refractivity contribution in [2.24, 2.45) is 0 Å². The molecule has 4 N–H and O–H groups in total. The maximum absolute atomic E-state index is 13.1. The van der Waals surface area contributed by atoms with Gasteiger partial charge in [-0.05, 0) is 56.0 Å². The third-order valence-electron chi connectivity index (χ3n) is 6.19. The van der Waals surface area contributed by atoms with Crippen LogP contribution in [0.2, 0.25) is 0 Å². The van der Waals surface area contributed by atoms with Crippen molar-refractivity contribution in [3.63, 3.8) is 0 Å². The van der Waals surface area contributed by atoms with Gasteiger partial charge in [-0.1, -0.05) is 68.5 Å². The number of para-hydroxylation sites is 2. The number of amides is 2. The molecule has 0 saturated heterocycles. The summed E-state index contributed by atoms with van der Waals surface area (Å²) in [4.78, 5) is 25.3. The summed E-state index contributed by atoms with van der Waals surface area (Å²) in [6, 6.07) is 15.3. The lowest BCUT2D eigenvalue weighted by molar-refractivity contribution is -0.136. The van der Waals surface area contributed by atoms with Crippen LogP contribution in [0.1, 0.15) is 69.9 Å². The fourth-order valence-corrected chi connectivity index (χ4v) is 4.25. The van der Waals surface area contributed by atoms with Gasteiger partial charge in [-0.3, -0.25) is 14.6 Å². The van der Waals surface area contributed by atoms with E-state index in [0.29, 0.717) is 23.8 Å². The largest absolute Gasteiger partial charge is 0.397 e. The predicted octanol–water partition coefficient (Wildman–Crippen LogP) is 5.32. The second kappa shape index (κ2) is 12.9. The molecule has 1 aliphatic carbocycles. The zero-order valence-electron chi connectivity index (χ0n) is 20.4. The van der Waals surface area contributed by atoms with Crippen LogP contribution in [0.3, 0.4) is 0 Å². The second-order valence-electron chi connectivity index (χ2n) is 9.36. The Morgan fingerprint density at radius 2 is 1.65 bits per heavy atom. The maximum atomic E-state index is 13.1. The summed E-state index contributed by atoms with van der Waals surface area (Å²) in [5, 5.41) is 4.59. The minimum absolute atomic E-state index is 0.0835. The normalized spacial score (nSPS) is 15.1. The highest BCUT2D eigenvalue weighted by Crippen LogP contribution is 2.19. The molecule has 0 unspecified atom stereocenters. The topological polar surface area (TPSA) is 87.5 Å².